The number of nitrogens with one attached hydrogen (secondary N) is 1. The first-order chi connectivity index (χ1) is 7.85. The van der Waals surface area contributed by atoms with Crippen molar-refractivity contribution in [2.24, 2.45) is 0 Å². The Labute approximate surface area is 102 Å². The summed E-state index contributed by atoms with van der Waals surface area (Å²) < 4.78 is 0. The molecule has 0 aliphatic carbocycles. The number of hydrogen-bond acceptors (Lipinski definition) is 3. The molecule has 2 rings (SSSR count). The van der Waals surface area contributed by atoms with Gasteiger partial charge in [-0.3, -0.25) is 4.90 Å². The summed E-state index contributed by atoms with van der Waals surface area (Å²) >= 11 is 1.93. The van der Waals surface area contributed by atoms with Crippen LogP contribution in [-0.2, 0) is 6.42 Å². The van der Waals surface area contributed by atoms with E-state index < -0.39 is 0 Å². The van der Waals surface area contributed by atoms with Crippen LogP contribution < -0.4 is 5.32 Å². The van der Waals surface area contributed by atoms with Gasteiger partial charge in [-0.1, -0.05) is 13.0 Å². The third-order valence-electron chi connectivity index (χ3n) is 3.09. The molecular weight excluding hydrogens is 216 g/mol. The van der Waals surface area contributed by atoms with E-state index in [-0.39, 0.29) is 0 Å². The highest BCUT2D eigenvalue weighted by atomic mass is 32.1. The zero-order valence-electron chi connectivity index (χ0n) is 9.91. The molecule has 3 heteroatoms. The van der Waals surface area contributed by atoms with Crippen molar-refractivity contribution < 1.29 is 0 Å². The maximum atomic E-state index is 3.99. The molecule has 1 saturated heterocycles. The van der Waals surface area contributed by atoms with Gasteiger partial charge < -0.3 is 5.32 Å². The molecular formula is C13H20N2S. The van der Waals surface area contributed by atoms with Crippen LogP contribution in [0.1, 0.15) is 22.7 Å². The number of hydrogen-bond donors (Lipinski definition) is 1. The lowest BCUT2D eigenvalue weighted by molar-refractivity contribution is 0.206. The number of rotatable bonds is 4. The molecule has 2 nitrogen and oxygen atoms in total. The molecule has 0 spiro atoms. The Morgan fingerprint density at radius 3 is 2.81 bits per heavy atom. The van der Waals surface area contributed by atoms with Crippen LogP contribution in [0.3, 0.4) is 0 Å². The van der Waals surface area contributed by atoms with Gasteiger partial charge in [-0.2, -0.15) is 0 Å². The van der Waals surface area contributed by atoms with Crippen molar-refractivity contribution in [3.63, 3.8) is 0 Å². The fourth-order valence-electron chi connectivity index (χ4n) is 2.15. The first-order valence-electron chi connectivity index (χ1n) is 6.01. The summed E-state index contributed by atoms with van der Waals surface area (Å²) in [6.45, 7) is 10.6. The Morgan fingerprint density at radius 1 is 1.50 bits per heavy atom. The van der Waals surface area contributed by atoms with Gasteiger partial charge in [0.05, 0.1) is 6.04 Å². The highest BCUT2D eigenvalue weighted by Gasteiger charge is 2.20. The van der Waals surface area contributed by atoms with Crippen molar-refractivity contribution in [2.45, 2.75) is 19.4 Å². The van der Waals surface area contributed by atoms with E-state index in [1.807, 2.05) is 11.3 Å². The predicted molar refractivity (Wildman–Crippen MR) is 71.1 cm³/mol. The summed E-state index contributed by atoms with van der Waals surface area (Å²) in [5.41, 5.74) is 0. The van der Waals surface area contributed by atoms with E-state index in [4.69, 9.17) is 0 Å². The standard InChI is InChI=1S/C13H20N2S/c1-3-11-5-6-13(16-11)12(4-2)15-9-7-14-8-10-15/h4-6,12,14H,2-3,7-10H2,1H3/t12-/m1/s1. The molecule has 0 unspecified atom stereocenters. The number of aryl methyl sites for hydroxylation is 1. The van der Waals surface area contributed by atoms with Crippen LogP contribution in [0.15, 0.2) is 24.8 Å². The van der Waals surface area contributed by atoms with E-state index >= 15 is 0 Å². The number of piperazine rings is 1. The van der Waals surface area contributed by atoms with Gasteiger partial charge in [-0.15, -0.1) is 17.9 Å². The zero-order valence-corrected chi connectivity index (χ0v) is 10.7. The van der Waals surface area contributed by atoms with Gasteiger partial charge in [-0.05, 0) is 18.6 Å². The molecule has 1 aromatic rings. The van der Waals surface area contributed by atoms with Crippen LogP contribution in [0.5, 0.6) is 0 Å². The molecule has 0 amide bonds. The maximum Gasteiger partial charge on any atom is 0.0624 e. The van der Waals surface area contributed by atoms with Gasteiger partial charge in [0.25, 0.3) is 0 Å². The number of nitrogens with zero attached hydrogens (tertiary/aromatic N) is 1. The average Bonchev–Trinajstić information content (AvgIpc) is 2.80. The summed E-state index contributed by atoms with van der Waals surface area (Å²) in [5.74, 6) is 0. The fraction of sp³-hybridized carbons (Fsp3) is 0.538. The van der Waals surface area contributed by atoms with Crippen LogP contribution in [0.2, 0.25) is 0 Å². The van der Waals surface area contributed by atoms with Crippen LogP contribution in [0, 0.1) is 0 Å². The highest BCUT2D eigenvalue weighted by Crippen LogP contribution is 2.29. The lowest BCUT2D eigenvalue weighted by Crippen LogP contribution is -2.44. The van der Waals surface area contributed by atoms with Crippen LogP contribution in [0.25, 0.3) is 0 Å². The Balaban J connectivity index is 2.11. The molecule has 1 aliphatic rings. The van der Waals surface area contributed by atoms with Gasteiger partial charge in [0.15, 0.2) is 0 Å². The lowest BCUT2D eigenvalue weighted by Gasteiger charge is -2.32. The number of thiophene rings is 1. The zero-order chi connectivity index (χ0) is 11.4. The van der Waals surface area contributed by atoms with Gasteiger partial charge in [0.1, 0.15) is 0 Å². The highest BCUT2D eigenvalue weighted by molar-refractivity contribution is 7.12. The van der Waals surface area contributed by atoms with Crippen molar-refractivity contribution in [3.8, 4) is 0 Å². The Bertz CT molecular complexity index is 339. The molecule has 1 atom stereocenters. The third-order valence-corrected chi connectivity index (χ3v) is 4.39. The molecule has 1 fully saturated rings. The van der Waals surface area contributed by atoms with E-state index in [1.54, 1.807) is 0 Å². The van der Waals surface area contributed by atoms with Crippen LogP contribution in [-0.4, -0.2) is 31.1 Å². The summed E-state index contributed by atoms with van der Waals surface area (Å²) in [6, 6.07) is 4.92. The minimum atomic E-state index is 0.410. The van der Waals surface area contributed by atoms with Gasteiger partial charge >= 0.3 is 0 Å². The molecule has 1 aliphatic heterocycles. The first kappa shape index (κ1) is 11.8. The predicted octanol–water partition coefficient (Wildman–Crippen LogP) is 2.44. The summed E-state index contributed by atoms with van der Waals surface area (Å²) in [4.78, 5) is 5.42. The smallest absolute Gasteiger partial charge is 0.0624 e. The molecule has 16 heavy (non-hydrogen) atoms. The topological polar surface area (TPSA) is 15.3 Å². The molecule has 0 aromatic carbocycles. The van der Waals surface area contributed by atoms with Crippen molar-refractivity contribution in [1.82, 2.24) is 10.2 Å². The lowest BCUT2D eigenvalue weighted by atomic mass is 10.2. The van der Waals surface area contributed by atoms with Crippen molar-refractivity contribution in [1.29, 1.82) is 0 Å². The second-order valence-electron chi connectivity index (χ2n) is 4.12. The van der Waals surface area contributed by atoms with Gasteiger partial charge in [0.2, 0.25) is 0 Å². The minimum Gasteiger partial charge on any atom is -0.314 e. The van der Waals surface area contributed by atoms with Crippen molar-refractivity contribution >= 4 is 11.3 Å². The van der Waals surface area contributed by atoms with E-state index in [1.165, 1.54) is 9.75 Å². The average molecular weight is 236 g/mol. The first-order valence-corrected chi connectivity index (χ1v) is 6.82. The van der Waals surface area contributed by atoms with E-state index in [0.29, 0.717) is 6.04 Å². The third kappa shape index (κ3) is 2.54. The molecule has 1 N–H and O–H groups in total. The largest absolute Gasteiger partial charge is 0.314 e. The normalized spacial score (nSPS) is 19.6. The van der Waals surface area contributed by atoms with Crippen molar-refractivity contribution in [3.05, 3.63) is 34.5 Å². The molecule has 1 aromatic heterocycles. The van der Waals surface area contributed by atoms with E-state index in [0.717, 1.165) is 32.6 Å². The minimum absolute atomic E-state index is 0.410. The SMILES string of the molecule is C=C[C@H](c1ccc(CC)s1)N1CCNCC1. The van der Waals surface area contributed by atoms with Gasteiger partial charge in [-0.25, -0.2) is 0 Å². The molecule has 0 bridgehead atoms. The summed E-state index contributed by atoms with van der Waals surface area (Å²) in [7, 11) is 0. The van der Waals surface area contributed by atoms with Crippen LogP contribution in [0.4, 0.5) is 0 Å². The van der Waals surface area contributed by atoms with E-state index in [9.17, 15) is 0 Å². The monoisotopic (exact) mass is 236 g/mol. The van der Waals surface area contributed by atoms with Crippen molar-refractivity contribution in [2.75, 3.05) is 26.2 Å². The fourth-order valence-corrected chi connectivity index (χ4v) is 3.23. The quantitative estimate of drug-likeness (QED) is 0.808. The van der Waals surface area contributed by atoms with Crippen LogP contribution >= 0.6 is 11.3 Å². The summed E-state index contributed by atoms with van der Waals surface area (Å²) in [5, 5.41) is 3.39. The Hall–Kier alpha value is -0.640. The Kier molecular flexibility index (Phi) is 4.16. The van der Waals surface area contributed by atoms with Gasteiger partial charge in [0, 0.05) is 35.9 Å². The molecule has 2 heterocycles. The second-order valence-corrected chi connectivity index (χ2v) is 5.32. The second kappa shape index (κ2) is 5.62. The summed E-state index contributed by atoms with van der Waals surface area (Å²) in [6.07, 6.45) is 3.21. The molecule has 0 radical (unpaired) electrons. The Morgan fingerprint density at radius 2 is 2.25 bits per heavy atom. The molecule has 88 valence electrons. The van der Waals surface area contributed by atoms with E-state index in [2.05, 4.69) is 41.9 Å². The maximum absolute atomic E-state index is 3.99. The molecule has 0 saturated carbocycles.